The summed E-state index contributed by atoms with van der Waals surface area (Å²) < 4.78 is -0.0122. The molecule has 1 unspecified atom stereocenters. The second-order valence-electron chi connectivity index (χ2n) is 4.03. The molecular formula is C13H17BrO. The molecule has 0 N–H and O–H groups in total. The first-order valence-electron chi connectivity index (χ1n) is 5.42. The molecule has 0 fully saturated rings. The van der Waals surface area contributed by atoms with Gasteiger partial charge >= 0.3 is 0 Å². The number of hydrogen-bond donors (Lipinski definition) is 0. The van der Waals surface area contributed by atoms with Crippen molar-refractivity contribution in [3.63, 3.8) is 0 Å². The second kappa shape index (κ2) is 6.06. The van der Waals surface area contributed by atoms with E-state index in [1.165, 1.54) is 12.8 Å². The average molecular weight is 269 g/mol. The Morgan fingerprint density at radius 2 is 2.07 bits per heavy atom. The van der Waals surface area contributed by atoms with Gasteiger partial charge in [0, 0.05) is 5.56 Å². The van der Waals surface area contributed by atoms with E-state index in [1.807, 2.05) is 24.3 Å². The molecule has 1 rings (SSSR count). The van der Waals surface area contributed by atoms with Gasteiger partial charge in [-0.3, -0.25) is 4.79 Å². The maximum atomic E-state index is 11.3. The van der Waals surface area contributed by atoms with E-state index in [0.29, 0.717) is 5.92 Å². The van der Waals surface area contributed by atoms with Crippen LogP contribution in [0, 0.1) is 5.92 Å². The molecule has 0 saturated carbocycles. The molecule has 0 heterocycles. The van der Waals surface area contributed by atoms with Crippen LogP contribution < -0.4 is 0 Å². The lowest BCUT2D eigenvalue weighted by Gasteiger charge is -2.12. The predicted molar refractivity (Wildman–Crippen MR) is 67.5 cm³/mol. The second-order valence-corrected chi connectivity index (χ2v) is 4.75. The van der Waals surface area contributed by atoms with Crippen LogP contribution in [0.15, 0.2) is 24.3 Å². The van der Waals surface area contributed by atoms with Crippen molar-refractivity contribution in [2.24, 2.45) is 5.92 Å². The van der Waals surface area contributed by atoms with Gasteiger partial charge in [-0.15, -0.1) is 0 Å². The molecule has 0 radical (unpaired) electrons. The van der Waals surface area contributed by atoms with Gasteiger partial charge in [-0.1, -0.05) is 51.0 Å². The highest BCUT2D eigenvalue weighted by atomic mass is 79.9. The summed E-state index contributed by atoms with van der Waals surface area (Å²) in [6.07, 6.45) is 3.40. The van der Waals surface area contributed by atoms with Gasteiger partial charge in [0.05, 0.1) is 0 Å². The van der Waals surface area contributed by atoms with Gasteiger partial charge in [0.2, 0.25) is 4.69 Å². The van der Waals surface area contributed by atoms with E-state index in [1.54, 1.807) is 0 Å². The van der Waals surface area contributed by atoms with Crippen molar-refractivity contribution in [1.82, 2.24) is 0 Å². The minimum atomic E-state index is -0.0122. The third kappa shape index (κ3) is 3.78. The third-order valence-electron chi connectivity index (χ3n) is 2.58. The molecule has 0 aliphatic rings. The Hall–Kier alpha value is -0.630. The molecule has 15 heavy (non-hydrogen) atoms. The molecule has 1 nitrogen and oxygen atoms in total. The standard InChI is InChI=1S/C13H17BrO/c1-3-6-10(2)9-11-7-4-5-8-12(11)13(14)15/h4-5,7-8,10H,3,6,9H2,1-2H3. The number of benzene rings is 1. The Labute approximate surface area is 100 Å². The van der Waals surface area contributed by atoms with Crippen LogP contribution >= 0.6 is 15.9 Å². The molecule has 0 amide bonds. The van der Waals surface area contributed by atoms with Gasteiger partial charge in [0.1, 0.15) is 0 Å². The van der Waals surface area contributed by atoms with Crippen LogP contribution in [-0.2, 0) is 6.42 Å². The van der Waals surface area contributed by atoms with Crippen LogP contribution in [0.2, 0.25) is 0 Å². The van der Waals surface area contributed by atoms with Gasteiger partial charge in [0.15, 0.2) is 0 Å². The fourth-order valence-corrected chi connectivity index (χ4v) is 2.25. The number of rotatable bonds is 5. The van der Waals surface area contributed by atoms with E-state index in [4.69, 9.17) is 0 Å². The molecule has 1 aromatic rings. The predicted octanol–water partition coefficient (Wildman–Crippen LogP) is 4.20. The summed E-state index contributed by atoms with van der Waals surface area (Å²) in [4.78, 5) is 11.3. The van der Waals surface area contributed by atoms with E-state index < -0.39 is 0 Å². The minimum absolute atomic E-state index is 0.0122. The molecule has 0 aliphatic heterocycles. The largest absolute Gasteiger partial charge is 0.281 e. The summed E-state index contributed by atoms with van der Waals surface area (Å²) >= 11 is 3.02. The van der Waals surface area contributed by atoms with E-state index >= 15 is 0 Å². The lowest BCUT2D eigenvalue weighted by Crippen LogP contribution is -2.04. The van der Waals surface area contributed by atoms with Gasteiger partial charge in [-0.05, 0) is 33.8 Å². The number of carbonyl (C=O) groups excluding carboxylic acids is 1. The molecule has 82 valence electrons. The summed E-state index contributed by atoms with van der Waals surface area (Å²) in [6.45, 7) is 4.43. The fraction of sp³-hybridized carbons (Fsp3) is 0.462. The molecule has 1 aromatic carbocycles. The Morgan fingerprint density at radius 1 is 1.40 bits per heavy atom. The third-order valence-corrected chi connectivity index (χ3v) is 3.01. The van der Waals surface area contributed by atoms with Crippen molar-refractivity contribution in [3.05, 3.63) is 35.4 Å². The smallest absolute Gasteiger partial charge is 0.228 e. The molecular weight excluding hydrogens is 252 g/mol. The summed E-state index contributed by atoms with van der Waals surface area (Å²) in [5.74, 6) is 0.642. The molecule has 0 spiro atoms. The highest BCUT2D eigenvalue weighted by Crippen LogP contribution is 2.19. The zero-order chi connectivity index (χ0) is 11.3. The van der Waals surface area contributed by atoms with Gasteiger partial charge in [-0.2, -0.15) is 0 Å². The molecule has 0 bridgehead atoms. The van der Waals surface area contributed by atoms with Crippen molar-refractivity contribution in [2.75, 3.05) is 0 Å². The number of hydrogen-bond acceptors (Lipinski definition) is 1. The topological polar surface area (TPSA) is 17.1 Å². The minimum Gasteiger partial charge on any atom is -0.281 e. The van der Waals surface area contributed by atoms with Crippen LogP contribution in [-0.4, -0.2) is 4.69 Å². The normalized spacial score (nSPS) is 12.5. The van der Waals surface area contributed by atoms with Crippen molar-refractivity contribution in [3.8, 4) is 0 Å². The van der Waals surface area contributed by atoms with Crippen molar-refractivity contribution < 1.29 is 4.79 Å². The zero-order valence-electron chi connectivity index (χ0n) is 9.29. The summed E-state index contributed by atoms with van der Waals surface area (Å²) in [5.41, 5.74) is 1.96. The Morgan fingerprint density at radius 3 is 2.67 bits per heavy atom. The van der Waals surface area contributed by atoms with Crippen LogP contribution in [0.3, 0.4) is 0 Å². The van der Waals surface area contributed by atoms with Crippen molar-refractivity contribution >= 4 is 20.6 Å². The first-order valence-corrected chi connectivity index (χ1v) is 6.22. The lowest BCUT2D eigenvalue weighted by atomic mass is 9.94. The summed E-state index contributed by atoms with van der Waals surface area (Å²) in [6, 6.07) is 7.82. The summed E-state index contributed by atoms with van der Waals surface area (Å²) in [7, 11) is 0. The van der Waals surface area contributed by atoms with E-state index in [2.05, 4.69) is 29.8 Å². The average Bonchev–Trinajstić information content (AvgIpc) is 2.18. The molecule has 1 atom stereocenters. The zero-order valence-corrected chi connectivity index (χ0v) is 10.9. The molecule has 0 saturated heterocycles. The van der Waals surface area contributed by atoms with Crippen LogP contribution in [0.4, 0.5) is 0 Å². The Balaban J connectivity index is 2.79. The van der Waals surface area contributed by atoms with Gasteiger partial charge in [-0.25, -0.2) is 0 Å². The highest BCUT2D eigenvalue weighted by molar-refractivity contribution is 9.18. The monoisotopic (exact) mass is 268 g/mol. The number of carbonyl (C=O) groups is 1. The van der Waals surface area contributed by atoms with E-state index in [9.17, 15) is 4.79 Å². The van der Waals surface area contributed by atoms with Crippen LogP contribution in [0.5, 0.6) is 0 Å². The number of halogens is 1. The van der Waals surface area contributed by atoms with Gasteiger partial charge < -0.3 is 0 Å². The maximum Gasteiger partial charge on any atom is 0.228 e. The fourth-order valence-electron chi connectivity index (χ4n) is 1.86. The lowest BCUT2D eigenvalue weighted by molar-refractivity contribution is 0.109. The maximum absolute atomic E-state index is 11.3. The molecule has 0 aromatic heterocycles. The first kappa shape index (κ1) is 12.4. The van der Waals surface area contributed by atoms with E-state index in [0.717, 1.165) is 17.5 Å². The van der Waals surface area contributed by atoms with Crippen molar-refractivity contribution in [1.29, 1.82) is 0 Å². The molecule has 0 aliphatic carbocycles. The van der Waals surface area contributed by atoms with Gasteiger partial charge in [0.25, 0.3) is 0 Å². The molecule has 2 heteroatoms. The Kier molecular flexibility index (Phi) is 5.03. The van der Waals surface area contributed by atoms with Crippen LogP contribution in [0.1, 0.15) is 42.6 Å². The quantitative estimate of drug-likeness (QED) is 0.732. The first-order chi connectivity index (χ1) is 7.15. The Bertz CT molecular complexity index is 333. The summed E-state index contributed by atoms with van der Waals surface area (Å²) in [5, 5.41) is 0. The highest BCUT2D eigenvalue weighted by Gasteiger charge is 2.10. The van der Waals surface area contributed by atoms with Crippen molar-refractivity contribution in [2.45, 2.75) is 33.1 Å². The van der Waals surface area contributed by atoms with Crippen LogP contribution in [0.25, 0.3) is 0 Å². The SMILES string of the molecule is CCCC(C)Cc1ccccc1C(=O)Br. The van der Waals surface area contributed by atoms with E-state index in [-0.39, 0.29) is 4.69 Å².